The van der Waals surface area contributed by atoms with Crippen LogP contribution >= 0.6 is 0 Å². The molecule has 0 spiro atoms. The summed E-state index contributed by atoms with van der Waals surface area (Å²) in [5.41, 5.74) is 1.23. The van der Waals surface area contributed by atoms with Gasteiger partial charge in [-0.1, -0.05) is 38.3 Å². The van der Waals surface area contributed by atoms with Gasteiger partial charge in [-0.25, -0.2) is 0 Å². The Morgan fingerprint density at radius 2 is 2.06 bits per heavy atom. The van der Waals surface area contributed by atoms with Gasteiger partial charge in [-0.15, -0.1) is 0 Å². The van der Waals surface area contributed by atoms with Gasteiger partial charge >= 0.3 is 0 Å². The lowest BCUT2D eigenvalue weighted by Gasteiger charge is -2.24. The topological polar surface area (TPSA) is 33.1 Å². The summed E-state index contributed by atoms with van der Waals surface area (Å²) in [6.07, 6.45) is 6.02. The van der Waals surface area contributed by atoms with Crippen molar-refractivity contribution in [3.05, 3.63) is 42.1 Å². The molecule has 0 saturated carbocycles. The summed E-state index contributed by atoms with van der Waals surface area (Å²) in [4.78, 5) is 4.30. The zero-order valence-corrected chi connectivity index (χ0v) is 11.2. The van der Waals surface area contributed by atoms with E-state index >= 15 is 0 Å². The summed E-state index contributed by atoms with van der Waals surface area (Å²) in [6, 6.07) is 9.99. The summed E-state index contributed by atoms with van der Waals surface area (Å²) in [5, 5.41) is 11.6. The molecule has 0 fully saturated rings. The molecule has 1 heterocycles. The monoisotopic (exact) mass is 243 g/mol. The third-order valence-electron chi connectivity index (χ3n) is 3.49. The Morgan fingerprint density at radius 3 is 2.83 bits per heavy atom. The maximum atomic E-state index is 10.6. The number of hydrogen-bond donors (Lipinski definition) is 1. The number of rotatable bonds is 5. The van der Waals surface area contributed by atoms with Gasteiger partial charge in [0.05, 0.1) is 11.1 Å². The molecule has 2 rings (SSSR count). The molecule has 18 heavy (non-hydrogen) atoms. The molecular formula is C16H21NO. The van der Waals surface area contributed by atoms with Crippen molar-refractivity contribution in [3.8, 4) is 0 Å². The molecule has 2 aromatic rings. The minimum Gasteiger partial charge on any atom is -0.385 e. The van der Waals surface area contributed by atoms with E-state index in [1.807, 2.05) is 37.3 Å². The van der Waals surface area contributed by atoms with E-state index < -0.39 is 5.60 Å². The SMILES string of the molecule is CCCCCC(C)(O)c1ccc2ncccc2c1. The second kappa shape index (κ2) is 5.49. The number of pyridine rings is 1. The molecule has 1 atom stereocenters. The van der Waals surface area contributed by atoms with Gasteiger partial charge in [0.2, 0.25) is 0 Å². The lowest BCUT2D eigenvalue weighted by Crippen LogP contribution is -2.20. The summed E-state index contributed by atoms with van der Waals surface area (Å²) in [5.74, 6) is 0. The quantitative estimate of drug-likeness (QED) is 0.804. The molecule has 0 aliphatic rings. The number of aliphatic hydroxyl groups is 1. The number of fused-ring (bicyclic) bond motifs is 1. The largest absolute Gasteiger partial charge is 0.385 e. The van der Waals surface area contributed by atoms with Crippen molar-refractivity contribution in [3.63, 3.8) is 0 Å². The average Bonchev–Trinajstić information content (AvgIpc) is 2.38. The van der Waals surface area contributed by atoms with Gasteiger partial charge in [0.25, 0.3) is 0 Å². The molecule has 96 valence electrons. The average molecular weight is 243 g/mol. The van der Waals surface area contributed by atoms with Crippen LogP contribution in [0.15, 0.2) is 36.5 Å². The molecule has 0 aliphatic heterocycles. The van der Waals surface area contributed by atoms with Gasteiger partial charge < -0.3 is 5.11 Å². The van der Waals surface area contributed by atoms with Gasteiger partial charge in [-0.05, 0) is 37.1 Å². The summed E-state index contributed by atoms with van der Waals surface area (Å²) in [7, 11) is 0. The van der Waals surface area contributed by atoms with Crippen LogP contribution in [0, 0.1) is 0 Å². The Morgan fingerprint density at radius 1 is 1.22 bits per heavy atom. The van der Waals surface area contributed by atoms with Crippen molar-refractivity contribution in [1.82, 2.24) is 4.98 Å². The van der Waals surface area contributed by atoms with Gasteiger partial charge in [-0.2, -0.15) is 0 Å². The van der Waals surface area contributed by atoms with E-state index in [0.29, 0.717) is 0 Å². The zero-order valence-electron chi connectivity index (χ0n) is 11.2. The Labute approximate surface area is 109 Å². The molecule has 1 N–H and O–H groups in total. The first-order valence-corrected chi connectivity index (χ1v) is 6.71. The Hall–Kier alpha value is -1.41. The van der Waals surface area contributed by atoms with Crippen LogP contribution in [-0.2, 0) is 5.60 Å². The van der Waals surface area contributed by atoms with Crippen molar-refractivity contribution in [2.24, 2.45) is 0 Å². The summed E-state index contributed by atoms with van der Waals surface area (Å²) in [6.45, 7) is 4.08. The smallest absolute Gasteiger partial charge is 0.0868 e. The molecule has 2 nitrogen and oxygen atoms in total. The third kappa shape index (κ3) is 2.88. The maximum Gasteiger partial charge on any atom is 0.0868 e. The first-order valence-electron chi connectivity index (χ1n) is 6.71. The van der Waals surface area contributed by atoms with Crippen molar-refractivity contribution in [2.45, 2.75) is 45.1 Å². The van der Waals surface area contributed by atoms with E-state index in [9.17, 15) is 5.11 Å². The molecule has 0 amide bonds. The van der Waals surface area contributed by atoms with Crippen LogP contribution in [0.1, 0.15) is 45.1 Å². The van der Waals surface area contributed by atoms with Gasteiger partial charge in [0.1, 0.15) is 0 Å². The fraction of sp³-hybridized carbons (Fsp3) is 0.438. The molecule has 2 heteroatoms. The second-order valence-corrected chi connectivity index (χ2v) is 5.14. The van der Waals surface area contributed by atoms with Crippen molar-refractivity contribution in [2.75, 3.05) is 0 Å². The van der Waals surface area contributed by atoms with Crippen LogP contribution in [0.3, 0.4) is 0 Å². The Balaban J connectivity index is 2.23. The van der Waals surface area contributed by atoms with Gasteiger partial charge in [0.15, 0.2) is 0 Å². The number of benzene rings is 1. The standard InChI is InChI=1S/C16H21NO/c1-3-4-5-10-16(2,18)14-8-9-15-13(12-14)7-6-11-17-15/h6-9,11-12,18H,3-5,10H2,1-2H3. The predicted molar refractivity (Wildman–Crippen MR) is 75.5 cm³/mol. The minimum atomic E-state index is -0.737. The first kappa shape index (κ1) is 13.0. The highest BCUT2D eigenvalue weighted by Gasteiger charge is 2.22. The van der Waals surface area contributed by atoms with E-state index in [-0.39, 0.29) is 0 Å². The fourth-order valence-electron chi connectivity index (χ4n) is 2.27. The molecule has 0 bridgehead atoms. The van der Waals surface area contributed by atoms with E-state index in [0.717, 1.165) is 29.3 Å². The zero-order chi connectivity index (χ0) is 13.0. The number of hydrogen-bond acceptors (Lipinski definition) is 2. The van der Waals surface area contributed by atoms with Gasteiger partial charge in [0, 0.05) is 11.6 Å². The number of nitrogens with zero attached hydrogens (tertiary/aromatic N) is 1. The van der Waals surface area contributed by atoms with Crippen LogP contribution in [0.2, 0.25) is 0 Å². The Kier molecular flexibility index (Phi) is 3.97. The fourth-order valence-corrected chi connectivity index (χ4v) is 2.27. The van der Waals surface area contributed by atoms with Crippen molar-refractivity contribution in [1.29, 1.82) is 0 Å². The normalized spacial score (nSPS) is 14.6. The highest BCUT2D eigenvalue weighted by Crippen LogP contribution is 2.28. The number of aromatic nitrogens is 1. The van der Waals surface area contributed by atoms with Crippen LogP contribution in [0.4, 0.5) is 0 Å². The maximum absolute atomic E-state index is 10.6. The molecule has 0 saturated heterocycles. The first-order chi connectivity index (χ1) is 8.63. The molecular weight excluding hydrogens is 222 g/mol. The highest BCUT2D eigenvalue weighted by molar-refractivity contribution is 5.79. The van der Waals surface area contributed by atoms with E-state index in [2.05, 4.69) is 11.9 Å². The van der Waals surface area contributed by atoms with Crippen molar-refractivity contribution < 1.29 is 5.11 Å². The Bertz CT molecular complexity index is 519. The van der Waals surface area contributed by atoms with E-state index in [1.165, 1.54) is 12.8 Å². The van der Waals surface area contributed by atoms with E-state index in [1.54, 1.807) is 6.20 Å². The lowest BCUT2D eigenvalue weighted by molar-refractivity contribution is 0.0451. The molecule has 1 unspecified atom stereocenters. The molecule has 1 aromatic heterocycles. The lowest BCUT2D eigenvalue weighted by atomic mass is 9.89. The predicted octanol–water partition coefficient (Wildman–Crippen LogP) is 4.02. The molecule has 0 aliphatic carbocycles. The van der Waals surface area contributed by atoms with Crippen LogP contribution in [-0.4, -0.2) is 10.1 Å². The minimum absolute atomic E-state index is 0.737. The molecule has 1 aromatic carbocycles. The number of unbranched alkanes of at least 4 members (excludes halogenated alkanes) is 2. The van der Waals surface area contributed by atoms with Crippen LogP contribution in [0.25, 0.3) is 10.9 Å². The van der Waals surface area contributed by atoms with Crippen LogP contribution < -0.4 is 0 Å². The van der Waals surface area contributed by atoms with Crippen molar-refractivity contribution >= 4 is 10.9 Å². The molecule has 0 radical (unpaired) electrons. The van der Waals surface area contributed by atoms with Crippen LogP contribution in [0.5, 0.6) is 0 Å². The van der Waals surface area contributed by atoms with Gasteiger partial charge in [-0.3, -0.25) is 4.98 Å². The summed E-state index contributed by atoms with van der Waals surface area (Å²) >= 11 is 0. The third-order valence-corrected chi connectivity index (χ3v) is 3.49. The second-order valence-electron chi connectivity index (χ2n) is 5.14. The van der Waals surface area contributed by atoms with E-state index in [4.69, 9.17) is 0 Å². The highest BCUT2D eigenvalue weighted by atomic mass is 16.3. The summed E-state index contributed by atoms with van der Waals surface area (Å²) < 4.78 is 0.